The Labute approximate surface area is 213 Å². The molecule has 3 aliphatic rings. The van der Waals surface area contributed by atoms with Crippen molar-refractivity contribution in [1.29, 1.82) is 0 Å². The Kier molecular flexibility index (Phi) is 6.78. The molecule has 0 spiro atoms. The van der Waals surface area contributed by atoms with Crippen LogP contribution in [0.4, 0.5) is 11.4 Å². The standard InChI is InChI=1S/C27H34N4O4S/c1-20-18-23-19-25(8-9-26(23)31(20)21(2)32)36(34,35)30-12-10-22(11-13-30)27(33)29-16-14-28(15-17-29)24-6-4-3-5-7-24/h3-9,19-20,22H,10-18H2,1-2H3/t20-/m0/s1. The quantitative estimate of drug-likeness (QED) is 0.632. The fraction of sp³-hybridized carbons (Fsp3) is 0.481. The minimum absolute atomic E-state index is 0.0202. The number of piperidine rings is 1. The number of carbonyl (C=O) groups excluding carboxylic acids is 2. The minimum atomic E-state index is -3.65. The monoisotopic (exact) mass is 510 g/mol. The van der Waals surface area contributed by atoms with Gasteiger partial charge in [-0.15, -0.1) is 0 Å². The van der Waals surface area contributed by atoms with E-state index in [4.69, 9.17) is 0 Å². The summed E-state index contributed by atoms with van der Waals surface area (Å²) >= 11 is 0. The van der Waals surface area contributed by atoms with E-state index in [1.807, 2.05) is 30.0 Å². The van der Waals surface area contributed by atoms with Crippen molar-refractivity contribution in [3.8, 4) is 0 Å². The average molecular weight is 511 g/mol. The third-order valence-corrected chi connectivity index (χ3v) is 9.65. The van der Waals surface area contributed by atoms with Crippen molar-refractivity contribution in [3.63, 3.8) is 0 Å². The highest BCUT2D eigenvalue weighted by atomic mass is 32.2. The van der Waals surface area contributed by atoms with Gasteiger partial charge in [0.1, 0.15) is 0 Å². The second-order valence-corrected chi connectivity index (χ2v) is 12.0. The van der Waals surface area contributed by atoms with Crippen molar-refractivity contribution in [2.75, 3.05) is 49.1 Å². The van der Waals surface area contributed by atoms with E-state index in [1.165, 1.54) is 16.9 Å². The van der Waals surface area contributed by atoms with Gasteiger partial charge < -0.3 is 14.7 Å². The highest BCUT2D eigenvalue weighted by Crippen LogP contribution is 2.35. The van der Waals surface area contributed by atoms with E-state index in [9.17, 15) is 18.0 Å². The van der Waals surface area contributed by atoms with Crippen LogP contribution in [0, 0.1) is 5.92 Å². The van der Waals surface area contributed by atoms with Crippen molar-refractivity contribution in [2.24, 2.45) is 5.92 Å². The summed E-state index contributed by atoms with van der Waals surface area (Å²) in [5.41, 5.74) is 2.86. The zero-order chi connectivity index (χ0) is 25.4. The summed E-state index contributed by atoms with van der Waals surface area (Å²) in [6, 6.07) is 15.3. The molecule has 192 valence electrons. The zero-order valence-corrected chi connectivity index (χ0v) is 21.8. The van der Waals surface area contributed by atoms with Crippen LogP contribution in [0.3, 0.4) is 0 Å². The Bertz CT molecular complexity index is 1230. The van der Waals surface area contributed by atoms with Crippen molar-refractivity contribution in [3.05, 3.63) is 54.1 Å². The summed E-state index contributed by atoms with van der Waals surface area (Å²) in [6.45, 7) is 7.19. The van der Waals surface area contributed by atoms with Gasteiger partial charge in [-0.1, -0.05) is 18.2 Å². The molecule has 2 amide bonds. The largest absolute Gasteiger partial charge is 0.368 e. The van der Waals surface area contributed by atoms with E-state index in [2.05, 4.69) is 17.0 Å². The molecule has 0 radical (unpaired) electrons. The van der Waals surface area contributed by atoms with Crippen LogP contribution < -0.4 is 9.80 Å². The second-order valence-electron chi connectivity index (χ2n) is 10.1. The highest BCUT2D eigenvalue weighted by molar-refractivity contribution is 7.89. The summed E-state index contributed by atoms with van der Waals surface area (Å²) < 4.78 is 28.3. The predicted octanol–water partition coefficient (Wildman–Crippen LogP) is 2.73. The summed E-state index contributed by atoms with van der Waals surface area (Å²) in [4.78, 5) is 31.4. The third kappa shape index (κ3) is 4.62. The van der Waals surface area contributed by atoms with Crippen LogP contribution in [-0.2, 0) is 26.0 Å². The van der Waals surface area contributed by atoms with Gasteiger partial charge in [-0.25, -0.2) is 8.42 Å². The molecule has 5 rings (SSSR count). The molecule has 2 aromatic carbocycles. The number of hydrogen-bond donors (Lipinski definition) is 0. The van der Waals surface area contributed by atoms with E-state index >= 15 is 0 Å². The van der Waals surface area contributed by atoms with E-state index in [-0.39, 0.29) is 28.7 Å². The van der Waals surface area contributed by atoms with Crippen molar-refractivity contribution in [2.45, 2.75) is 44.0 Å². The highest BCUT2D eigenvalue weighted by Gasteiger charge is 2.36. The topological polar surface area (TPSA) is 81.2 Å². The molecule has 0 unspecified atom stereocenters. The molecule has 3 aliphatic heterocycles. The van der Waals surface area contributed by atoms with Crippen molar-refractivity contribution in [1.82, 2.24) is 9.21 Å². The summed E-state index contributed by atoms with van der Waals surface area (Å²) in [7, 11) is -3.65. The normalized spacial score (nSPS) is 21.5. The maximum absolute atomic E-state index is 13.4. The van der Waals surface area contributed by atoms with E-state index in [0.29, 0.717) is 45.4 Å². The van der Waals surface area contributed by atoms with Gasteiger partial charge in [0.25, 0.3) is 0 Å². The molecular formula is C27H34N4O4S. The van der Waals surface area contributed by atoms with Crippen LogP contribution in [0.25, 0.3) is 0 Å². The SMILES string of the molecule is CC(=O)N1c2ccc(S(=O)(=O)N3CCC(C(=O)N4CCN(c5ccccc5)CC4)CC3)cc2C[C@@H]1C. The minimum Gasteiger partial charge on any atom is -0.368 e. The van der Waals surface area contributed by atoms with Crippen LogP contribution in [0.1, 0.15) is 32.3 Å². The molecule has 2 fully saturated rings. The lowest BCUT2D eigenvalue weighted by atomic mass is 9.96. The predicted molar refractivity (Wildman–Crippen MR) is 139 cm³/mol. The van der Waals surface area contributed by atoms with Crippen LogP contribution >= 0.6 is 0 Å². The second kappa shape index (κ2) is 9.86. The number of carbonyl (C=O) groups is 2. The van der Waals surface area contributed by atoms with Crippen molar-refractivity contribution < 1.29 is 18.0 Å². The van der Waals surface area contributed by atoms with E-state index < -0.39 is 10.0 Å². The first-order valence-corrected chi connectivity index (χ1v) is 14.2. The van der Waals surface area contributed by atoms with Gasteiger partial charge in [-0.05, 0) is 62.1 Å². The summed E-state index contributed by atoms with van der Waals surface area (Å²) in [6.07, 6.45) is 1.72. The summed E-state index contributed by atoms with van der Waals surface area (Å²) in [5.74, 6) is -0.0228. The molecule has 2 saturated heterocycles. The lowest BCUT2D eigenvalue weighted by Gasteiger charge is -2.39. The molecule has 36 heavy (non-hydrogen) atoms. The number of para-hydroxylation sites is 1. The zero-order valence-electron chi connectivity index (χ0n) is 21.0. The molecular weight excluding hydrogens is 476 g/mol. The number of anilines is 2. The number of benzene rings is 2. The van der Waals surface area contributed by atoms with Gasteiger partial charge in [-0.3, -0.25) is 9.59 Å². The third-order valence-electron chi connectivity index (χ3n) is 7.76. The maximum Gasteiger partial charge on any atom is 0.243 e. The lowest BCUT2D eigenvalue weighted by molar-refractivity contribution is -0.137. The number of amides is 2. The molecule has 0 aromatic heterocycles. The molecule has 9 heteroatoms. The lowest BCUT2D eigenvalue weighted by Crippen LogP contribution is -2.52. The molecule has 1 atom stereocenters. The summed E-state index contributed by atoms with van der Waals surface area (Å²) in [5, 5.41) is 0. The maximum atomic E-state index is 13.4. The molecule has 8 nitrogen and oxygen atoms in total. The number of hydrogen-bond acceptors (Lipinski definition) is 5. The fourth-order valence-corrected chi connectivity index (χ4v) is 7.34. The molecule has 3 heterocycles. The van der Waals surface area contributed by atoms with E-state index in [0.717, 1.165) is 24.3 Å². The number of rotatable bonds is 4. The van der Waals surface area contributed by atoms with Gasteiger partial charge in [0.05, 0.1) is 4.90 Å². The van der Waals surface area contributed by atoms with E-state index in [1.54, 1.807) is 23.1 Å². The van der Waals surface area contributed by atoms with Gasteiger partial charge in [0.2, 0.25) is 21.8 Å². The first kappa shape index (κ1) is 24.8. The van der Waals surface area contributed by atoms with Crippen LogP contribution in [0.5, 0.6) is 0 Å². The molecule has 2 aromatic rings. The first-order valence-electron chi connectivity index (χ1n) is 12.8. The number of piperazine rings is 1. The molecule has 0 aliphatic carbocycles. The molecule has 0 saturated carbocycles. The van der Waals surface area contributed by atoms with Crippen LogP contribution in [0.15, 0.2) is 53.4 Å². The van der Waals surface area contributed by atoms with Gasteiger partial charge in [0.15, 0.2) is 0 Å². The Morgan fingerprint density at radius 2 is 1.56 bits per heavy atom. The van der Waals surface area contributed by atoms with Crippen LogP contribution in [0.2, 0.25) is 0 Å². The van der Waals surface area contributed by atoms with Gasteiger partial charge in [0, 0.05) is 69.5 Å². The fourth-order valence-electron chi connectivity index (χ4n) is 5.82. The average Bonchev–Trinajstić information content (AvgIpc) is 3.24. The Morgan fingerprint density at radius 1 is 0.889 bits per heavy atom. The van der Waals surface area contributed by atoms with Crippen molar-refractivity contribution >= 4 is 33.2 Å². The van der Waals surface area contributed by atoms with Gasteiger partial charge in [-0.2, -0.15) is 4.31 Å². The Morgan fingerprint density at radius 3 is 2.19 bits per heavy atom. The van der Waals surface area contributed by atoms with Gasteiger partial charge >= 0.3 is 0 Å². The Hall–Kier alpha value is -2.91. The number of sulfonamides is 1. The smallest absolute Gasteiger partial charge is 0.243 e. The first-order chi connectivity index (χ1) is 17.3. The molecule has 0 bridgehead atoms. The number of fused-ring (bicyclic) bond motifs is 1. The van der Waals surface area contributed by atoms with Crippen LogP contribution in [-0.4, -0.2) is 74.7 Å². The Balaban J connectivity index is 1.18. The molecule has 0 N–H and O–H groups in total. The number of nitrogens with zero attached hydrogens (tertiary/aromatic N) is 4.